The third kappa shape index (κ3) is 5.67. The summed E-state index contributed by atoms with van der Waals surface area (Å²) in [6.07, 6.45) is 1.73. The number of hydrogen-bond acceptors (Lipinski definition) is 4. The number of amides is 1. The molecule has 6 nitrogen and oxygen atoms in total. The first kappa shape index (κ1) is 20.1. The van der Waals surface area contributed by atoms with E-state index < -0.39 is 10.0 Å². The zero-order valence-electron chi connectivity index (χ0n) is 15.4. The van der Waals surface area contributed by atoms with Gasteiger partial charge in [0.1, 0.15) is 0 Å². The Kier molecular flexibility index (Phi) is 6.82. The van der Waals surface area contributed by atoms with E-state index in [0.29, 0.717) is 12.2 Å². The van der Waals surface area contributed by atoms with Crippen LogP contribution in [0.1, 0.15) is 28.8 Å². The lowest BCUT2D eigenvalue weighted by Gasteiger charge is -2.11. The minimum Gasteiger partial charge on any atom is -0.377 e. The van der Waals surface area contributed by atoms with Crippen LogP contribution in [-0.2, 0) is 14.8 Å². The highest BCUT2D eigenvalue weighted by Gasteiger charge is 2.20. The topological polar surface area (TPSA) is 84.5 Å². The molecule has 1 atom stereocenters. The summed E-state index contributed by atoms with van der Waals surface area (Å²) in [6.45, 7) is 1.13. The van der Waals surface area contributed by atoms with E-state index in [0.717, 1.165) is 18.4 Å². The first-order valence-corrected chi connectivity index (χ1v) is 10.6. The minimum absolute atomic E-state index is 0.0724. The van der Waals surface area contributed by atoms with E-state index in [9.17, 15) is 13.2 Å². The average Bonchev–Trinajstić information content (AvgIpc) is 3.24. The second-order valence-electron chi connectivity index (χ2n) is 6.36. The van der Waals surface area contributed by atoms with Crippen molar-refractivity contribution in [3.05, 3.63) is 65.7 Å². The van der Waals surface area contributed by atoms with Gasteiger partial charge in [0, 0.05) is 24.3 Å². The molecule has 1 amide bonds. The fraction of sp³-hybridized carbons (Fsp3) is 0.286. The van der Waals surface area contributed by atoms with E-state index in [2.05, 4.69) is 21.9 Å². The van der Waals surface area contributed by atoms with Gasteiger partial charge in [0.25, 0.3) is 5.91 Å². The lowest BCUT2D eigenvalue weighted by atomic mass is 10.2. The molecule has 146 valence electrons. The largest absolute Gasteiger partial charge is 0.377 e. The van der Waals surface area contributed by atoms with Crippen LogP contribution in [0.15, 0.2) is 59.5 Å². The summed E-state index contributed by atoms with van der Waals surface area (Å²) in [7, 11) is -3.63. The quantitative estimate of drug-likeness (QED) is 0.728. The van der Waals surface area contributed by atoms with Crippen molar-refractivity contribution in [2.45, 2.75) is 23.8 Å². The van der Waals surface area contributed by atoms with Crippen LogP contribution in [0.2, 0.25) is 0 Å². The van der Waals surface area contributed by atoms with Gasteiger partial charge in [-0.15, -0.1) is 0 Å². The van der Waals surface area contributed by atoms with Crippen LogP contribution in [0.25, 0.3) is 0 Å². The molecule has 2 N–H and O–H groups in total. The molecule has 1 aliphatic heterocycles. The Bertz CT molecular complexity index is 955. The smallest absolute Gasteiger partial charge is 0.252 e. The highest BCUT2D eigenvalue weighted by atomic mass is 32.2. The molecular weight excluding hydrogens is 376 g/mol. The van der Waals surface area contributed by atoms with Gasteiger partial charge in [0.05, 0.1) is 17.5 Å². The Morgan fingerprint density at radius 3 is 2.54 bits per heavy atom. The maximum absolute atomic E-state index is 12.3. The van der Waals surface area contributed by atoms with Crippen molar-refractivity contribution >= 4 is 15.9 Å². The summed E-state index contributed by atoms with van der Waals surface area (Å²) in [5.41, 5.74) is 1.25. The minimum atomic E-state index is -3.63. The van der Waals surface area contributed by atoms with Crippen molar-refractivity contribution < 1.29 is 17.9 Å². The molecule has 0 saturated carbocycles. The number of sulfonamides is 1. The van der Waals surface area contributed by atoms with Crippen LogP contribution in [-0.4, -0.2) is 40.1 Å². The van der Waals surface area contributed by atoms with Crippen molar-refractivity contribution in [1.82, 2.24) is 10.0 Å². The van der Waals surface area contributed by atoms with Crippen molar-refractivity contribution in [1.29, 1.82) is 0 Å². The van der Waals surface area contributed by atoms with Gasteiger partial charge >= 0.3 is 0 Å². The average molecular weight is 398 g/mol. The zero-order chi connectivity index (χ0) is 19.8. The van der Waals surface area contributed by atoms with Gasteiger partial charge in [-0.3, -0.25) is 4.79 Å². The molecule has 1 unspecified atom stereocenters. The number of rotatable bonds is 6. The van der Waals surface area contributed by atoms with Crippen LogP contribution < -0.4 is 10.0 Å². The van der Waals surface area contributed by atoms with E-state index in [1.807, 2.05) is 30.3 Å². The van der Waals surface area contributed by atoms with Crippen LogP contribution in [0.4, 0.5) is 0 Å². The fourth-order valence-electron chi connectivity index (χ4n) is 2.77. The molecular formula is C21H22N2O4S. The highest BCUT2D eigenvalue weighted by Crippen LogP contribution is 2.14. The van der Waals surface area contributed by atoms with Gasteiger partial charge in [0.2, 0.25) is 10.0 Å². The molecule has 0 aliphatic carbocycles. The lowest BCUT2D eigenvalue weighted by Crippen LogP contribution is -2.31. The number of benzene rings is 2. The van der Waals surface area contributed by atoms with E-state index in [1.54, 1.807) is 0 Å². The number of carbonyl (C=O) groups excluding carboxylic acids is 1. The van der Waals surface area contributed by atoms with Crippen LogP contribution in [0.5, 0.6) is 0 Å². The van der Waals surface area contributed by atoms with Gasteiger partial charge < -0.3 is 10.1 Å². The van der Waals surface area contributed by atoms with Crippen molar-refractivity contribution in [3.63, 3.8) is 0 Å². The Balaban J connectivity index is 1.52. The molecule has 1 fully saturated rings. The first-order valence-electron chi connectivity index (χ1n) is 9.08. The molecule has 28 heavy (non-hydrogen) atoms. The molecule has 3 rings (SSSR count). The summed E-state index contributed by atoms with van der Waals surface area (Å²) in [5.74, 6) is 5.53. The monoisotopic (exact) mass is 398 g/mol. The summed E-state index contributed by atoms with van der Waals surface area (Å²) in [5, 5.41) is 2.70. The predicted octanol–water partition coefficient (Wildman–Crippen LogP) is 1.93. The van der Waals surface area contributed by atoms with E-state index in [1.165, 1.54) is 24.3 Å². The van der Waals surface area contributed by atoms with Gasteiger partial charge in [-0.2, -0.15) is 0 Å². The van der Waals surface area contributed by atoms with Gasteiger partial charge in [0.15, 0.2) is 0 Å². The predicted molar refractivity (Wildman–Crippen MR) is 106 cm³/mol. The van der Waals surface area contributed by atoms with Crippen LogP contribution >= 0.6 is 0 Å². The molecule has 0 radical (unpaired) electrons. The Morgan fingerprint density at radius 1 is 1.11 bits per heavy atom. The standard InChI is InChI=1S/C21H22N2O4S/c24-21(22-14-4-8-17-6-2-1-3-7-17)18-10-12-20(13-11-18)28(25,26)23-16-19-9-5-15-27-19/h1-3,6-7,10-13,19,23H,5,9,14-16H2,(H,22,24). The maximum atomic E-state index is 12.3. The summed E-state index contributed by atoms with van der Waals surface area (Å²) in [4.78, 5) is 12.3. The number of ether oxygens (including phenoxy) is 1. The first-order chi connectivity index (χ1) is 13.5. The van der Waals surface area contributed by atoms with Crippen LogP contribution in [0, 0.1) is 11.8 Å². The van der Waals surface area contributed by atoms with Crippen molar-refractivity contribution in [3.8, 4) is 11.8 Å². The van der Waals surface area contributed by atoms with Gasteiger partial charge in [-0.1, -0.05) is 30.0 Å². The number of carbonyl (C=O) groups is 1. The molecule has 1 saturated heterocycles. The molecule has 7 heteroatoms. The van der Waals surface area contributed by atoms with Gasteiger partial charge in [-0.25, -0.2) is 13.1 Å². The third-order valence-electron chi connectivity index (χ3n) is 4.30. The summed E-state index contributed by atoms with van der Waals surface area (Å²) in [6, 6.07) is 15.3. The molecule has 0 aromatic heterocycles. The maximum Gasteiger partial charge on any atom is 0.252 e. The van der Waals surface area contributed by atoms with Crippen molar-refractivity contribution in [2.24, 2.45) is 0 Å². The van der Waals surface area contributed by atoms with E-state index >= 15 is 0 Å². The molecule has 0 spiro atoms. The molecule has 2 aromatic rings. The Hall–Kier alpha value is -2.66. The lowest BCUT2D eigenvalue weighted by molar-refractivity contribution is 0.0958. The fourth-order valence-corrected chi connectivity index (χ4v) is 3.84. The Labute approximate surface area is 165 Å². The second-order valence-corrected chi connectivity index (χ2v) is 8.13. The van der Waals surface area contributed by atoms with E-state index in [-0.39, 0.29) is 30.0 Å². The normalized spacial score (nSPS) is 16.2. The summed E-state index contributed by atoms with van der Waals surface area (Å²) < 4.78 is 32.6. The molecule has 1 aliphatic rings. The van der Waals surface area contributed by atoms with Gasteiger partial charge in [-0.05, 0) is 49.2 Å². The van der Waals surface area contributed by atoms with Crippen molar-refractivity contribution in [2.75, 3.05) is 19.7 Å². The van der Waals surface area contributed by atoms with E-state index in [4.69, 9.17) is 4.74 Å². The molecule has 1 heterocycles. The molecule has 0 bridgehead atoms. The Morgan fingerprint density at radius 2 is 1.86 bits per heavy atom. The second kappa shape index (κ2) is 9.51. The number of nitrogens with one attached hydrogen (secondary N) is 2. The zero-order valence-corrected chi connectivity index (χ0v) is 16.2. The van der Waals surface area contributed by atoms with Crippen LogP contribution in [0.3, 0.4) is 0 Å². The SMILES string of the molecule is O=C(NCC#Cc1ccccc1)c1ccc(S(=O)(=O)NCC2CCCO2)cc1. The highest BCUT2D eigenvalue weighted by molar-refractivity contribution is 7.89. The molecule has 2 aromatic carbocycles. The summed E-state index contributed by atoms with van der Waals surface area (Å²) >= 11 is 0. The third-order valence-corrected chi connectivity index (χ3v) is 5.74. The number of hydrogen-bond donors (Lipinski definition) is 2.